The van der Waals surface area contributed by atoms with Crippen LogP contribution in [0.3, 0.4) is 0 Å². The topological polar surface area (TPSA) is 64.6 Å². The minimum atomic E-state index is -0.0985. The predicted molar refractivity (Wildman–Crippen MR) is 88.4 cm³/mol. The highest BCUT2D eigenvalue weighted by molar-refractivity contribution is 6.17. The molecule has 0 spiro atoms. The number of carbonyl (C=O) groups excluding carboxylic acids is 2. The van der Waals surface area contributed by atoms with Gasteiger partial charge in [0.2, 0.25) is 5.91 Å². The number of hydrogen-bond acceptors (Lipinski definition) is 4. The number of nitrogens with one attached hydrogen (secondary N) is 1. The molecular weight excluding hydrogens is 306 g/mol. The van der Waals surface area contributed by atoms with E-state index in [0.29, 0.717) is 39.2 Å². The Bertz CT molecular complexity index is 287. The molecule has 0 atom stereocenters. The van der Waals surface area contributed by atoms with E-state index in [-0.39, 0.29) is 18.1 Å². The van der Waals surface area contributed by atoms with E-state index in [2.05, 4.69) is 5.32 Å². The lowest BCUT2D eigenvalue weighted by Crippen LogP contribution is -2.27. The third-order valence-electron chi connectivity index (χ3n) is 3.14. The Kier molecular flexibility index (Phi) is 16.2. The van der Waals surface area contributed by atoms with Gasteiger partial charge in [-0.15, -0.1) is 11.6 Å². The van der Waals surface area contributed by atoms with Crippen molar-refractivity contribution >= 4 is 23.3 Å². The van der Waals surface area contributed by atoms with Gasteiger partial charge in [-0.3, -0.25) is 9.59 Å². The van der Waals surface area contributed by atoms with E-state index < -0.39 is 0 Å². The molecule has 0 saturated heterocycles. The molecule has 0 radical (unpaired) electrons. The number of Topliss-reactive ketones (excluding diaryl/α,β-unsaturated/α-hetero) is 1. The molecule has 130 valence electrons. The normalized spacial score (nSPS) is 10.6. The summed E-state index contributed by atoms with van der Waals surface area (Å²) in [5, 5.41) is 2.73. The fraction of sp³-hybridized carbons (Fsp3) is 0.875. The minimum absolute atomic E-state index is 0.0985. The van der Waals surface area contributed by atoms with Crippen LogP contribution in [-0.2, 0) is 19.1 Å². The summed E-state index contributed by atoms with van der Waals surface area (Å²) in [7, 11) is 0. The number of ether oxygens (including phenoxy) is 2. The molecule has 0 aromatic heterocycles. The molecule has 1 N–H and O–H groups in total. The first-order valence-corrected chi connectivity index (χ1v) is 8.74. The van der Waals surface area contributed by atoms with E-state index in [0.717, 1.165) is 38.2 Å². The Balaban J connectivity index is 3.16. The van der Waals surface area contributed by atoms with Crippen LogP contribution in [0.4, 0.5) is 0 Å². The van der Waals surface area contributed by atoms with Crippen molar-refractivity contribution in [2.24, 2.45) is 0 Å². The van der Waals surface area contributed by atoms with E-state index in [1.54, 1.807) is 6.92 Å². The zero-order chi connectivity index (χ0) is 16.5. The van der Waals surface area contributed by atoms with Crippen molar-refractivity contribution in [2.75, 3.05) is 38.9 Å². The van der Waals surface area contributed by atoms with Gasteiger partial charge in [0.05, 0.1) is 19.8 Å². The van der Waals surface area contributed by atoms with E-state index in [4.69, 9.17) is 21.1 Å². The number of alkyl halides is 1. The van der Waals surface area contributed by atoms with Gasteiger partial charge in [0.15, 0.2) is 0 Å². The second-order valence-corrected chi connectivity index (χ2v) is 5.45. The number of rotatable bonds is 16. The summed E-state index contributed by atoms with van der Waals surface area (Å²) in [6.45, 7) is 4.61. The van der Waals surface area contributed by atoms with Gasteiger partial charge in [-0.2, -0.15) is 0 Å². The van der Waals surface area contributed by atoms with E-state index >= 15 is 0 Å². The Morgan fingerprint density at radius 3 is 2.27 bits per heavy atom. The smallest absolute Gasteiger partial charge is 0.220 e. The van der Waals surface area contributed by atoms with Crippen molar-refractivity contribution in [1.82, 2.24) is 5.32 Å². The SMILES string of the molecule is CCC(=O)CCC(=O)NCCOCCOCCCCCCCl. The zero-order valence-electron chi connectivity index (χ0n) is 13.7. The van der Waals surface area contributed by atoms with Gasteiger partial charge in [0, 0.05) is 38.3 Å². The number of hydrogen-bond donors (Lipinski definition) is 1. The van der Waals surface area contributed by atoms with Crippen LogP contribution in [0.5, 0.6) is 0 Å². The van der Waals surface area contributed by atoms with Gasteiger partial charge < -0.3 is 14.8 Å². The monoisotopic (exact) mass is 335 g/mol. The van der Waals surface area contributed by atoms with Crippen molar-refractivity contribution in [3.63, 3.8) is 0 Å². The molecule has 0 aromatic carbocycles. The molecule has 22 heavy (non-hydrogen) atoms. The van der Waals surface area contributed by atoms with Crippen LogP contribution in [0, 0.1) is 0 Å². The molecule has 0 rings (SSSR count). The molecule has 5 nitrogen and oxygen atoms in total. The molecule has 0 bridgehead atoms. The third-order valence-corrected chi connectivity index (χ3v) is 3.41. The van der Waals surface area contributed by atoms with Crippen molar-refractivity contribution in [1.29, 1.82) is 0 Å². The molecule has 0 aliphatic heterocycles. The minimum Gasteiger partial charge on any atom is -0.379 e. The summed E-state index contributed by atoms with van der Waals surface area (Å²) in [6.07, 6.45) is 5.52. The van der Waals surface area contributed by atoms with E-state index in [1.165, 1.54) is 0 Å². The Labute approximate surface area is 139 Å². The van der Waals surface area contributed by atoms with Crippen LogP contribution in [0.15, 0.2) is 0 Å². The largest absolute Gasteiger partial charge is 0.379 e. The number of ketones is 1. The maximum absolute atomic E-state index is 11.4. The van der Waals surface area contributed by atoms with Crippen LogP contribution >= 0.6 is 11.6 Å². The van der Waals surface area contributed by atoms with Crippen molar-refractivity contribution in [3.05, 3.63) is 0 Å². The standard InChI is InChI=1S/C16H30ClNO4/c1-2-15(19)7-8-16(20)18-10-12-22-14-13-21-11-6-4-3-5-9-17/h2-14H2,1H3,(H,18,20). The van der Waals surface area contributed by atoms with Crippen LogP contribution in [0.2, 0.25) is 0 Å². The molecule has 1 amide bonds. The lowest BCUT2D eigenvalue weighted by molar-refractivity contribution is -0.125. The maximum atomic E-state index is 11.4. The van der Waals surface area contributed by atoms with Gasteiger partial charge in [0.25, 0.3) is 0 Å². The van der Waals surface area contributed by atoms with Gasteiger partial charge in [-0.25, -0.2) is 0 Å². The van der Waals surface area contributed by atoms with Crippen LogP contribution in [0.25, 0.3) is 0 Å². The Morgan fingerprint density at radius 1 is 0.909 bits per heavy atom. The molecule has 0 fully saturated rings. The van der Waals surface area contributed by atoms with E-state index in [1.807, 2.05) is 0 Å². The summed E-state index contributed by atoms with van der Waals surface area (Å²) in [4.78, 5) is 22.5. The van der Waals surface area contributed by atoms with Gasteiger partial charge in [0.1, 0.15) is 5.78 Å². The first-order chi connectivity index (χ1) is 10.7. The number of unbranched alkanes of at least 4 members (excludes halogenated alkanes) is 3. The summed E-state index contributed by atoms with van der Waals surface area (Å²) < 4.78 is 10.8. The van der Waals surface area contributed by atoms with Crippen LogP contribution < -0.4 is 5.32 Å². The lowest BCUT2D eigenvalue weighted by Gasteiger charge is -2.07. The highest BCUT2D eigenvalue weighted by Crippen LogP contribution is 2.01. The van der Waals surface area contributed by atoms with Crippen LogP contribution in [-0.4, -0.2) is 50.5 Å². The average molecular weight is 336 g/mol. The first-order valence-electron chi connectivity index (χ1n) is 8.20. The van der Waals surface area contributed by atoms with Crippen LogP contribution in [0.1, 0.15) is 51.9 Å². The molecule has 6 heteroatoms. The number of amides is 1. The lowest BCUT2D eigenvalue weighted by atomic mass is 10.2. The summed E-state index contributed by atoms with van der Waals surface area (Å²) in [5.74, 6) is 0.755. The van der Waals surface area contributed by atoms with E-state index in [9.17, 15) is 9.59 Å². The molecule has 0 unspecified atom stereocenters. The molecule has 0 heterocycles. The molecule has 0 aromatic rings. The Morgan fingerprint density at radius 2 is 1.59 bits per heavy atom. The zero-order valence-corrected chi connectivity index (χ0v) is 14.5. The van der Waals surface area contributed by atoms with Gasteiger partial charge in [-0.1, -0.05) is 19.8 Å². The molecule has 0 aliphatic rings. The Hall–Kier alpha value is -0.650. The number of carbonyl (C=O) groups is 2. The summed E-state index contributed by atoms with van der Waals surface area (Å²) in [6, 6.07) is 0. The molecular formula is C16H30ClNO4. The van der Waals surface area contributed by atoms with Gasteiger partial charge in [-0.05, 0) is 12.8 Å². The molecule has 0 saturated carbocycles. The average Bonchev–Trinajstić information content (AvgIpc) is 2.53. The fourth-order valence-corrected chi connectivity index (χ4v) is 1.94. The summed E-state index contributed by atoms with van der Waals surface area (Å²) in [5.41, 5.74) is 0. The third kappa shape index (κ3) is 15.7. The first kappa shape index (κ1) is 21.4. The van der Waals surface area contributed by atoms with Crippen molar-refractivity contribution in [3.8, 4) is 0 Å². The second kappa shape index (κ2) is 16.7. The quantitative estimate of drug-likeness (QED) is 0.348. The summed E-state index contributed by atoms with van der Waals surface area (Å²) >= 11 is 5.59. The fourth-order valence-electron chi connectivity index (χ4n) is 1.75. The van der Waals surface area contributed by atoms with Crippen molar-refractivity contribution in [2.45, 2.75) is 51.9 Å². The highest BCUT2D eigenvalue weighted by atomic mass is 35.5. The number of halogens is 1. The molecule has 0 aliphatic carbocycles. The predicted octanol–water partition coefficient (Wildman–Crippen LogP) is 2.69. The van der Waals surface area contributed by atoms with Gasteiger partial charge >= 0.3 is 0 Å². The van der Waals surface area contributed by atoms with Crippen molar-refractivity contribution < 1.29 is 19.1 Å². The highest BCUT2D eigenvalue weighted by Gasteiger charge is 2.04. The second-order valence-electron chi connectivity index (χ2n) is 5.07. The maximum Gasteiger partial charge on any atom is 0.220 e.